The van der Waals surface area contributed by atoms with Crippen molar-refractivity contribution in [1.29, 1.82) is 0 Å². The van der Waals surface area contributed by atoms with Gasteiger partial charge in [-0.3, -0.25) is 4.79 Å². The van der Waals surface area contributed by atoms with E-state index in [4.69, 9.17) is 5.14 Å². The van der Waals surface area contributed by atoms with Crippen LogP contribution in [0.5, 0.6) is 0 Å². The van der Waals surface area contributed by atoms with Crippen molar-refractivity contribution < 1.29 is 26.4 Å². The number of aryl methyl sites for hydroxylation is 1. The third-order valence-corrected chi connectivity index (χ3v) is 4.56. The molecule has 0 radical (unpaired) electrons. The van der Waals surface area contributed by atoms with Gasteiger partial charge in [-0.1, -0.05) is 6.07 Å². The number of amides is 1. The summed E-state index contributed by atoms with van der Waals surface area (Å²) in [6.07, 6.45) is -4.57. The van der Waals surface area contributed by atoms with E-state index in [9.17, 15) is 26.4 Å². The molecule has 0 aliphatic rings. The maximum Gasteiger partial charge on any atom is 0.416 e. The third-order valence-electron chi connectivity index (χ3n) is 3.67. The largest absolute Gasteiger partial charge is 0.416 e. The normalized spacial score (nSPS) is 12.1. The molecule has 0 aliphatic heterocycles. The summed E-state index contributed by atoms with van der Waals surface area (Å²) in [5.41, 5.74) is 0.143. The molecular weight excluding hydrogens is 357 g/mol. The van der Waals surface area contributed by atoms with Gasteiger partial charge < -0.3 is 5.32 Å². The first kappa shape index (κ1) is 18.9. The molecule has 0 unspecified atom stereocenters. The molecule has 0 aliphatic carbocycles. The Bertz CT molecular complexity index is 938. The zero-order chi connectivity index (χ0) is 19.0. The number of carbonyl (C=O) groups is 1. The van der Waals surface area contributed by atoms with E-state index >= 15 is 0 Å². The van der Waals surface area contributed by atoms with Gasteiger partial charge in [0, 0.05) is 11.3 Å². The number of anilines is 1. The van der Waals surface area contributed by atoms with E-state index in [0.29, 0.717) is 11.1 Å². The molecule has 0 saturated heterocycles. The summed E-state index contributed by atoms with van der Waals surface area (Å²) in [6.45, 7) is 3.27. The average molecular weight is 372 g/mol. The Morgan fingerprint density at radius 3 is 2.32 bits per heavy atom. The molecule has 0 fully saturated rings. The number of halogens is 3. The lowest BCUT2D eigenvalue weighted by Crippen LogP contribution is -2.17. The predicted octanol–water partition coefficient (Wildman–Crippen LogP) is 3.22. The van der Waals surface area contributed by atoms with Crippen LogP contribution in [0.3, 0.4) is 0 Å². The van der Waals surface area contributed by atoms with Gasteiger partial charge in [0.1, 0.15) is 0 Å². The van der Waals surface area contributed by atoms with Crippen LogP contribution in [0.4, 0.5) is 18.9 Å². The zero-order valence-electron chi connectivity index (χ0n) is 13.3. The Hall–Kier alpha value is -2.39. The quantitative estimate of drug-likeness (QED) is 0.867. The number of nitrogens with two attached hydrogens (primary N) is 1. The number of nitrogens with one attached hydrogen (secondary N) is 1. The number of sulfonamides is 1. The highest BCUT2D eigenvalue weighted by atomic mass is 32.2. The summed E-state index contributed by atoms with van der Waals surface area (Å²) >= 11 is 0. The smallest absolute Gasteiger partial charge is 0.322 e. The minimum absolute atomic E-state index is 0.159. The van der Waals surface area contributed by atoms with Gasteiger partial charge in [0.05, 0.1) is 10.5 Å². The monoisotopic (exact) mass is 372 g/mol. The summed E-state index contributed by atoms with van der Waals surface area (Å²) in [5, 5.41) is 7.52. The summed E-state index contributed by atoms with van der Waals surface area (Å²) in [4.78, 5) is 12.1. The summed E-state index contributed by atoms with van der Waals surface area (Å²) < 4.78 is 61.2. The first-order chi connectivity index (χ1) is 11.4. The van der Waals surface area contributed by atoms with Crippen molar-refractivity contribution >= 4 is 21.6 Å². The molecule has 0 bridgehead atoms. The fourth-order valence-electron chi connectivity index (χ4n) is 2.15. The van der Waals surface area contributed by atoms with Gasteiger partial charge in [0.25, 0.3) is 5.91 Å². The Kier molecular flexibility index (Phi) is 4.92. The number of alkyl halides is 3. The number of carbonyl (C=O) groups excluding carboxylic acids is 1. The van der Waals surface area contributed by atoms with E-state index in [2.05, 4.69) is 5.32 Å². The van der Waals surface area contributed by atoms with Crippen LogP contribution in [0.2, 0.25) is 0 Å². The number of rotatable bonds is 3. The Labute approximate surface area is 142 Å². The standard InChI is InChI=1S/C16H15F3N2O3S/c1-9-6-13(25(20,23)24)8-14(10(9)2)21-15(22)11-4-3-5-12(7-11)16(17,18)19/h3-8H,1-2H3,(H,21,22)(H2,20,23,24). The lowest BCUT2D eigenvalue weighted by Gasteiger charge is -2.13. The van der Waals surface area contributed by atoms with Gasteiger partial charge >= 0.3 is 6.18 Å². The number of hydrogen-bond acceptors (Lipinski definition) is 3. The molecule has 9 heteroatoms. The van der Waals surface area contributed by atoms with Gasteiger partial charge in [-0.2, -0.15) is 13.2 Å². The first-order valence-corrected chi connectivity index (χ1v) is 8.57. The van der Waals surface area contributed by atoms with E-state index in [1.807, 2.05) is 0 Å². The SMILES string of the molecule is Cc1cc(S(N)(=O)=O)cc(NC(=O)c2cccc(C(F)(F)F)c2)c1C. The van der Waals surface area contributed by atoms with Gasteiger partial charge in [0.2, 0.25) is 10.0 Å². The topological polar surface area (TPSA) is 89.3 Å². The first-order valence-electron chi connectivity index (χ1n) is 7.02. The second-order valence-electron chi connectivity index (χ2n) is 5.49. The summed E-state index contributed by atoms with van der Waals surface area (Å²) in [6, 6.07) is 6.45. The van der Waals surface area contributed by atoms with Gasteiger partial charge in [-0.05, 0) is 55.3 Å². The third kappa shape index (κ3) is 4.37. The second-order valence-corrected chi connectivity index (χ2v) is 7.05. The maximum atomic E-state index is 12.7. The van der Waals surface area contributed by atoms with Crippen molar-refractivity contribution in [3.8, 4) is 0 Å². The van der Waals surface area contributed by atoms with Crippen molar-refractivity contribution in [2.75, 3.05) is 5.32 Å². The van der Waals surface area contributed by atoms with Crippen LogP contribution in [0.1, 0.15) is 27.0 Å². The number of primary sulfonamides is 1. The minimum Gasteiger partial charge on any atom is -0.322 e. The second kappa shape index (κ2) is 6.49. The van der Waals surface area contributed by atoms with E-state index in [1.165, 1.54) is 18.2 Å². The van der Waals surface area contributed by atoms with Crippen molar-refractivity contribution in [2.24, 2.45) is 5.14 Å². The molecule has 134 valence electrons. The lowest BCUT2D eigenvalue weighted by atomic mass is 10.1. The zero-order valence-corrected chi connectivity index (χ0v) is 14.1. The number of benzene rings is 2. The molecule has 2 aromatic rings. The molecule has 0 saturated carbocycles. The van der Waals surface area contributed by atoms with Gasteiger partial charge in [0.15, 0.2) is 0 Å². The molecule has 0 heterocycles. The fraction of sp³-hybridized carbons (Fsp3) is 0.188. The van der Waals surface area contributed by atoms with E-state index in [1.54, 1.807) is 13.8 Å². The number of hydrogen-bond donors (Lipinski definition) is 2. The highest BCUT2D eigenvalue weighted by molar-refractivity contribution is 7.89. The fourth-order valence-corrected chi connectivity index (χ4v) is 2.77. The minimum atomic E-state index is -4.57. The molecule has 2 rings (SSSR count). The Balaban J connectivity index is 2.40. The van der Waals surface area contributed by atoms with Crippen molar-refractivity contribution in [1.82, 2.24) is 0 Å². The van der Waals surface area contributed by atoms with E-state index in [-0.39, 0.29) is 16.1 Å². The molecule has 0 atom stereocenters. The van der Waals surface area contributed by atoms with Crippen molar-refractivity contribution in [2.45, 2.75) is 24.9 Å². The molecule has 2 aromatic carbocycles. The van der Waals surface area contributed by atoms with Crippen LogP contribution >= 0.6 is 0 Å². The van der Waals surface area contributed by atoms with Crippen LogP contribution in [0.25, 0.3) is 0 Å². The average Bonchev–Trinajstić information content (AvgIpc) is 2.49. The van der Waals surface area contributed by atoms with Gasteiger partial charge in [-0.15, -0.1) is 0 Å². The highest BCUT2D eigenvalue weighted by Gasteiger charge is 2.31. The summed E-state index contributed by atoms with van der Waals surface area (Å²) in [5.74, 6) is -0.792. The van der Waals surface area contributed by atoms with Crippen LogP contribution in [0.15, 0.2) is 41.3 Å². The van der Waals surface area contributed by atoms with Gasteiger partial charge in [-0.25, -0.2) is 13.6 Å². The molecule has 3 N–H and O–H groups in total. The molecule has 25 heavy (non-hydrogen) atoms. The molecule has 1 amide bonds. The molecule has 5 nitrogen and oxygen atoms in total. The maximum absolute atomic E-state index is 12.7. The molecular formula is C16H15F3N2O3S. The molecule has 0 aromatic heterocycles. The lowest BCUT2D eigenvalue weighted by molar-refractivity contribution is -0.137. The van der Waals surface area contributed by atoms with Crippen LogP contribution < -0.4 is 10.5 Å². The van der Waals surface area contributed by atoms with Crippen molar-refractivity contribution in [3.63, 3.8) is 0 Å². The summed E-state index contributed by atoms with van der Waals surface area (Å²) in [7, 11) is -3.99. The predicted molar refractivity (Wildman–Crippen MR) is 86.7 cm³/mol. The van der Waals surface area contributed by atoms with Crippen LogP contribution in [-0.4, -0.2) is 14.3 Å². The Morgan fingerprint density at radius 2 is 1.76 bits per heavy atom. The van der Waals surface area contributed by atoms with E-state index < -0.39 is 27.7 Å². The van der Waals surface area contributed by atoms with Crippen molar-refractivity contribution in [3.05, 3.63) is 58.7 Å². The molecule has 0 spiro atoms. The van der Waals surface area contributed by atoms with E-state index in [0.717, 1.165) is 18.2 Å². The van der Waals surface area contributed by atoms with Crippen LogP contribution in [0, 0.1) is 13.8 Å². The highest BCUT2D eigenvalue weighted by Crippen LogP contribution is 2.30. The van der Waals surface area contributed by atoms with Crippen LogP contribution in [-0.2, 0) is 16.2 Å². The Morgan fingerprint density at radius 1 is 1.12 bits per heavy atom.